The lowest BCUT2D eigenvalue weighted by Gasteiger charge is -2.16. The lowest BCUT2D eigenvalue weighted by atomic mass is 10.2. The molecule has 0 radical (unpaired) electrons. The lowest BCUT2D eigenvalue weighted by molar-refractivity contribution is -0.175. The van der Waals surface area contributed by atoms with Crippen LogP contribution in [0.3, 0.4) is 0 Å². The van der Waals surface area contributed by atoms with Crippen molar-refractivity contribution < 1.29 is 33.3 Å². The molecule has 0 rings (SSSR count). The molecule has 0 N–H and O–H groups in total. The highest BCUT2D eigenvalue weighted by molar-refractivity contribution is 5.76. The number of ether oxygens (including phenoxy) is 5. The summed E-state index contributed by atoms with van der Waals surface area (Å²) in [5, 5.41) is 24.9. The first-order valence-electron chi connectivity index (χ1n) is 5.98. The highest BCUT2D eigenvalue weighted by atomic mass is 16.7. The van der Waals surface area contributed by atoms with E-state index in [2.05, 4.69) is 23.7 Å². The third kappa shape index (κ3) is 8.08. The Hall–Kier alpha value is -3.19. The Morgan fingerprint density at radius 3 is 1.91 bits per heavy atom. The summed E-state index contributed by atoms with van der Waals surface area (Å²) in [6.07, 6.45) is -0.0680. The Labute approximate surface area is 126 Å². The van der Waals surface area contributed by atoms with E-state index in [4.69, 9.17) is 15.8 Å². The van der Waals surface area contributed by atoms with E-state index in [9.17, 15) is 9.59 Å². The molecule has 0 aromatic heterocycles. The molecule has 0 amide bonds. The molecule has 0 aliphatic carbocycles. The predicted octanol–water partition coefficient (Wildman–Crippen LogP) is 0.407. The molecule has 0 spiro atoms. The summed E-state index contributed by atoms with van der Waals surface area (Å²) in [6.45, 7) is 2.62. The van der Waals surface area contributed by atoms with Crippen LogP contribution in [-0.4, -0.2) is 30.6 Å². The molecular formula is C12H13N3O7. The molecule has 0 fully saturated rings. The minimum Gasteiger partial charge on any atom is -0.425 e. The van der Waals surface area contributed by atoms with Crippen molar-refractivity contribution >= 4 is 11.9 Å². The van der Waals surface area contributed by atoms with E-state index >= 15 is 0 Å². The number of nitriles is 3. The van der Waals surface area contributed by atoms with Gasteiger partial charge in [0.2, 0.25) is 6.10 Å². The summed E-state index contributed by atoms with van der Waals surface area (Å²) in [6, 6.07) is 0. The molecule has 0 saturated heterocycles. The number of esters is 2. The Morgan fingerprint density at radius 1 is 0.909 bits per heavy atom. The van der Waals surface area contributed by atoms with Crippen molar-refractivity contribution in [3.8, 4) is 18.8 Å². The first-order chi connectivity index (χ1) is 10.4. The molecule has 3 atom stereocenters. The molecule has 0 bridgehead atoms. The van der Waals surface area contributed by atoms with Crippen molar-refractivity contribution in [2.24, 2.45) is 0 Å². The Morgan fingerprint density at radius 2 is 1.41 bits per heavy atom. The predicted molar refractivity (Wildman–Crippen MR) is 64.2 cm³/mol. The lowest BCUT2D eigenvalue weighted by Crippen LogP contribution is -2.30. The van der Waals surface area contributed by atoms with Crippen LogP contribution >= 0.6 is 0 Å². The van der Waals surface area contributed by atoms with E-state index in [0.29, 0.717) is 0 Å². The minimum absolute atomic E-state index is 0.205. The van der Waals surface area contributed by atoms with E-state index in [-0.39, 0.29) is 12.8 Å². The highest BCUT2D eigenvalue weighted by Gasteiger charge is 2.26. The van der Waals surface area contributed by atoms with Crippen LogP contribution in [0.4, 0.5) is 0 Å². The zero-order chi connectivity index (χ0) is 17.0. The highest BCUT2D eigenvalue weighted by Crippen LogP contribution is 2.09. The smallest absolute Gasteiger partial charge is 0.351 e. The maximum Gasteiger partial charge on any atom is 0.351 e. The largest absolute Gasteiger partial charge is 0.425 e. The normalized spacial score (nSPS) is 13.0. The Bertz CT molecular complexity index is 502. The van der Waals surface area contributed by atoms with Crippen LogP contribution in [-0.2, 0) is 33.3 Å². The second kappa shape index (κ2) is 10.6. The van der Waals surface area contributed by atoms with Gasteiger partial charge in [-0.15, -0.1) is 0 Å². The van der Waals surface area contributed by atoms with Gasteiger partial charge >= 0.3 is 11.9 Å². The molecule has 0 aliphatic heterocycles. The van der Waals surface area contributed by atoms with Crippen molar-refractivity contribution in [3.63, 3.8) is 0 Å². The van der Waals surface area contributed by atoms with Gasteiger partial charge in [-0.05, 0) is 0 Å². The molecule has 0 aromatic rings. The Kier molecular flexibility index (Phi) is 9.05. The quantitative estimate of drug-likeness (QED) is 0.332. The van der Waals surface area contributed by atoms with Gasteiger partial charge < -0.3 is 23.7 Å². The number of carbonyl (C=O) groups is 2. The first kappa shape index (κ1) is 18.8. The minimum atomic E-state index is -1.35. The van der Waals surface area contributed by atoms with E-state index in [0.717, 1.165) is 0 Å². The summed E-state index contributed by atoms with van der Waals surface area (Å²) in [7, 11) is 0. The van der Waals surface area contributed by atoms with Gasteiger partial charge in [-0.3, -0.25) is 4.79 Å². The maximum atomic E-state index is 11.6. The second-order valence-electron chi connectivity index (χ2n) is 3.72. The monoisotopic (exact) mass is 311 g/mol. The fourth-order valence-corrected chi connectivity index (χ4v) is 1.22. The second-order valence-corrected chi connectivity index (χ2v) is 3.72. The van der Waals surface area contributed by atoms with Crippen LogP contribution in [0.1, 0.15) is 26.7 Å². The number of carbonyl (C=O) groups excluding carboxylic acids is 2. The van der Waals surface area contributed by atoms with Gasteiger partial charge in [-0.1, -0.05) is 0 Å². The number of hydrogen-bond acceptors (Lipinski definition) is 10. The molecule has 3 unspecified atom stereocenters. The molecule has 0 saturated carbocycles. The molecule has 0 aliphatic rings. The van der Waals surface area contributed by atoms with Crippen molar-refractivity contribution in [3.05, 3.63) is 0 Å². The fraction of sp³-hybridized carbons (Fsp3) is 0.583. The van der Waals surface area contributed by atoms with Crippen molar-refractivity contribution in [1.82, 2.24) is 0 Å². The summed E-state index contributed by atoms with van der Waals surface area (Å²) in [5.74, 6) is -1.73. The summed E-state index contributed by atoms with van der Waals surface area (Å²) in [5.41, 5.74) is 0. The van der Waals surface area contributed by atoms with Gasteiger partial charge in [0, 0.05) is 26.7 Å². The molecular weight excluding hydrogens is 298 g/mol. The van der Waals surface area contributed by atoms with Crippen molar-refractivity contribution in [1.29, 1.82) is 15.8 Å². The van der Waals surface area contributed by atoms with E-state index in [1.165, 1.54) is 32.6 Å². The van der Waals surface area contributed by atoms with Gasteiger partial charge in [0.1, 0.15) is 0 Å². The number of rotatable bonds is 9. The standard InChI is InChI=1S/C12H13N3O7/c1-8(18-5-13)21-11(16)4-3-10(20-7-15)12(17)22-9(2)19-6-14/h8-10H,3-4H2,1-2H3. The molecule has 118 valence electrons. The van der Waals surface area contributed by atoms with Crippen LogP contribution in [0.5, 0.6) is 0 Å². The van der Waals surface area contributed by atoms with Gasteiger partial charge in [-0.2, -0.15) is 15.8 Å². The van der Waals surface area contributed by atoms with E-state index < -0.39 is 30.6 Å². The fourth-order valence-electron chi connectivity index (χ4n) is 1.22. The third-order valence-corrected chi connectivity index (χ3v) is 2.09. The van der Waals surface area contributed by atoms with Gasteiger partial charge in [0.15, 0.2) is 0 Å². The van der Waals surface area contributed by atoms with Gasteiger partial charge in [-0.25, -0.2) is 4.79 Å². The van der Waals surface area contributed by atoms with Crippen LogP contribution in [0.25, 0.3) is 0 Å². The van der Waals surface area contributed by atoms with Crippen molar-refractivity contribution in [2.75, 3.05) is 0 Å². The molecule has 10 heteroatoms. The SMILES string of the molecule is CC(OC#N)OC(=O)CCC(OC#N)C(=O)OC(C)OC#N. The first-order valence-corrected chi connectivity index (χ1v) is 5.98. The molecule has 0 heterocycles. The summed E-state index contributed by atoms with van der Waals surface area (Å²) in [4.78, 5) is 23.1. The third-order valence-electron chi connectivity index (χ3n) is 2.09. The Balaban J connectivity index is 4.38. The maximum absolute atomic E-state index is 11.6. The average Bonchev–Trinajstić information content (AvgIpc) is 2.43. The summed E-state index contributed by atoms with van der Waals surface area (Å²) >= 11 is 0. The average molecular weight is 311 g/mol. The van der Waals surface area contributed by atoms with E-state index in [1.807, 2.05) is 0 Å². The van der Waals surface area contributed by atoms with Crippen LogP contribution in [0.2, 0.25) is 0 Å². The number of hydrogen-bond donors (Lipinski definition) is 0. The van der Waals surface area contributed by atoms with Crippen molar-refractivity contribution in [2.45, 2.75) is 45.4 Å². The topological polar surface area (TPSA) is 152 Å². The number of nitrogens with zero attached hydrogens (tertiary/aromatic N) is 3. The summed E-state index contributed by atoms with van der Waals surface area (Å²) < 4.78 is 22.5. The zero-order valence-electron chi connectivity index (χ0n) is 11.8. The molecule has 10 nitrogen and oxygen atoms in total. The van der Waals surface area contributed by atoms with Gasteiger partial charge in [0.05, 0.1) is 0 Å². The molecule has 0 aromatic carbocycles. The zero-order valence-corrected chi connectivity index (χ0v) is 11.8. The van der Waals surface area contributed by atoms with Crippen LogP contribution in [0.15, 0.2) is 0 Å². The van der Waals surface area contributed by atoms with Crippen LogP contribution < -0.4 is 0 Å². The molecule has 22 heavy (non-hydrogen) atoms. The van der Waals surface area contributed by atoms with E-state index in [1.54, 1.807) is 0 Å². The van der Waals surface area contributed by atoms with Crippen LogP contribution in [0, 0.1) is 34.6 Å². The van der Waals surface area contributed by atoms with Gasteiger partial charge in [0.25, 0.3) is 31.3 Å².